The van der Waals surface area contributed by atoms with Gasteiger partial charge in [-0.05, 0) is 110 Å². The fourth-order valence-electron chi connectivity index (χ4n) is 7.53. The summed E-state index contributed by atoms with van der Waals surface area (Å²) in [5.74, 6) is 0. The Morgan fingerprint density at radius 2 is 1.31 bits per heavy atom. The van der Waals surface area contributed by atoms with Gasteiger partial charge in [-0.2, -0.15) is 0 Å². The van der Waals surface area contributed by atoms with Crippen LogP contribution in [0.1, 0.15) is 36.8 Å². The third kappa shape index (κ3) is 5.70. The van der Waals surface area contributed by atoms with Gasteiger partial charge in [-0.1, -0.05) is 85.0 Å². The molecule has 0 aromatic heterocycles. The number of fused-ring (bicyclic) bond motifs is 1. The van der Waals surface area contributed by atoms with Crippen molar-refractivity contribution in [3.63, 3.8) is 0 Å². The molecule has 3 N–H and O–H groups in total. The highest BCUT2D eigenvalue weighted by atomic mass is 15.3. The lowest BCUT2D eigenvalue weighted by Crippen LogP contribution is -2.43. The molecule has 4 aliphatic rings. The Labute approximate surface area is 284 Å². The highest BCUT2D eigenvalue weighted by Gasteiger charge is 2.33. The van der Waals surface area contributed by atoms with E-state index in [9.17, 15) is 0 Å². The van der Waals surface area contributed by atoms with Crippen molar-refractivity contribution in [2.45, 2.75) is 51.7 Å². The molecule has 8 rings (SSSR count). The summed E-state index contributed by atoms with van der Waals surface area (Å²) < 4.78 is 0. The number of hydrogen-bond donors (Lipinski definition) is 3. The van der Waals surface area contributed by atoms with Crippen LogP contribution in [0.15, 0.2) is 162 Å². The quantitative estimate of drug-likeness (QED) is 0.190. The van der Waals surface area contributed by atoms with E-state index in [4.69, 9.17) is 0 Å². The molecule has 2 heterocycles. The number of hydrogen-bond acceptors (Lipinski definition) is 5. The SMILES string of the molecule is Cc1ccccc1N(C1=CC=C(C2=CNC(C3=CC=C(C4Nc5ccccc5N4c4ccccc4)CC3)CN2)CC1)c1ccccc1C. The molecule has 0 fully saturated rings. The van der Waals surface area contributed by atoms with Gasteiger partial charge in [0.05, 0.1) is 23.1 Å². The molecule has 0 saturated carbocycles. The molecule has 48 heavy (non-hydrogen) atoms. The van der Waals surface area contributed by atoms with Crippen molar-refractivity contribution in [1.29, 1.82) is 0 Å². The number of aryl methyl sites for hydroxylation is 2. The lowest BCUT2D eigenvalue weighted by Gasteiger charge is -2.34. The van der Waals surface area contributed by atoms with E-state index in [1.54, 1.807) is 0 Å². The molecule has 4 aromatic carbocycles. The normalized spacial score (nSPS) is 20.1. The van der Waals surface area contributed by atoms with Gasteiger partial charge >= 0.3 is 0 Å². The molecule has 0 amide bonds. The summed E-state index contributed by atoms with van der Waals surface area (Å²) >= 11 is 0. The van der Waals surface area contributed by atoms with Crippen LogP contribution >= 0.6 is 0 Å². The van der Waals surface area contributed by atoms with E-state index in [0.29, 0.717) is 6.04 Å². The summed E-state index contributed by atoms with van der Waals surface area (Å²) in [6.07, 6.45) is 15.7. The fourth-order valence-corrected chi connectivity index (χ4v) is 7.53. The third-order valence-corrected chi connectivity index (χ3v) is 10.2. The Kier molecular flexibility index (Phi) is 8.11. The monoisotopic (exact) mass is 629 g/mol. The van der Waals surface area contributed by atoms with Gasteiger partial charge in [0.15, 0.2) is 0 Å². The Morgan fingerprint density at radius 3 is 1.96 bits per heavy atom. The van der Waals surface area contributed by atoms with E-state index in [1.165, 1.54) is 67.7 Å². The first-order chi connectivity index (χ1) is 23.6. The van der Waals surface area contributed by atoms with E-state index in [1.807, 2.05) is 0 Å². The summed E-state index contributed by atoms with van der Waals surface area (Å²) in [7, 11) is 0. The molecule has 2 atom stereocenters. The minimum absolute atomic E-state index is 0.121. The van der Waals surface area contributed by atoms with Gasteiger partial charge in [-0.3, -0.25) is 0 Å². The molecular formula is C43H43N5. The summed E-state index contributed by atoms with van der Waals surface area (Å²) in [4.78, 5) is 4.89. The molecule has 5 heteroatoms. The smallest absolute Gasteiger partial charge is 0.126 e. The summed E-state index contributed by atoms with van der Waals surface area (Å²) in [5, 5.41) is 11.3. The van der Waals surface area contributed by atoms with Crippen molar-refractivity contribution in [1.82, 2.24) is 10.6 Å². The maximum atomic E-state index is 3.80. The van der Waals surface area contributed by atoms with Crippen LogP contribution < -0.4 is 25.8 Å². The fraction of sp³-hybridized carbons (Fsp3) is 0.209. The Morgan fingerprint density at radius 1 is 0.646 bits per heavy atom. The Bertz CT molecular complexity index is 1940. The number of nitrogens with one attached hydrogen (secondary N) is 3. The lowest BCUT2D eigenvalue weighted by atomic mass is 9.90. The second kappa shape index (κ2) is 13.0. The van der Waals surface area contributed by atoms with Crippen molar-refractivity contribution in [2.24, 2.45) is 0 Å². The highest BCUT2D eigenvalue weighted by Crippen LogP contribution is 2.43. The second-order valence-electron chi connectivity index (χ2n) is 13.2. The molecule has 0 saturated heterocycles. The van der Waals surface area contributed by atoms with Crippen LogP contribution in [0.25, 0.3) is 0 Å². The minimum Gasteiger partial charge on any atom is -0.381 e. The first-order valence-corrected chi connectivity index (χ1v) is 17.2. The van der Waals surface area contributed by atoms with Crippen LogP contribution in [0.5, 0.6) is 0 Å². The van der Waals surface area contributed by atoms with Crippen LogP contribution in [0.3, 0.4) is 0 Å². The predicted molar refractivity (Wildman–Crippen MR) is 201 cm³/mol. The molecular weight excluding hydrogens is 587 g/mol. The molecule has 240 valence electrons. The average molecular weight is 630 g/mol. The molecule has 5 nitrogen and oxygen atoms in total. The van der Waals surface area contributed by atoms with Crippen LogP contribution in [0, 0.1) is 13.8 Å². The number of allylic oxidation sites excluding steroid dienone is 6. The highest BCUT2D eigenvalue weighted by molar-refractivity contribution is 5.84. The number of para-hydroxylation sites is 5. The van der Waals surface area contributed by atoms with Gasteiger partial charge in [0.1, 0.15) is 6.17 Å². The Balaban J connectivity index is 0.981. The standard InChI is InChI=1S/C43H43N5/c1-30-12-6-9-17-40(30)47(41-18-10-7-13-31(41)2)36-26-24-33(25-27-36)39-29-44-38(28-45-39)32-20-22-34(23-21-32)43-46-37-16-8-11-19-42(37)48(43)35-14-4-3-5-15-35/h3-20,22,24,26,29,38,43-46H,21,23,25,27-28H2,1-2H3. The van der Waals surface area contributed by atoms with E-state index >= 15 is 0 Å². The zero-order chi connectivity index (χ0) is 32.5. The largest absolute Gasteiger partial charge is 0.381 e. The van der Waals surface area contributed by atoms with Gasteiger partial charge in [-0.15, -0.1) is 0 Å². The van der Waals surface area contributed by atoms with Crippen LogP contribution in [-0.2, 0) is 0 Å². The summed E-state index contributed by atoms with van der Waals surface area (Å²) in [5.41, 5.74) is 15.4. The molecule has 2 aliphatic heterocycles. The second-order valence-corrected chi connectivity index (χ2v) is 13.2. The van der Waals surface area contributed by atoms with E-state index in [2.05, 4.69) is 173 Å². The minimum atomic E-state index is 0.121. The molecule has 2 unspecified atom stereocenters. The van der Waals surface area contributed by atoms with Crippen molar-refractivity contribution in [2.75, 3.05) is 21.7 Å². The molecule has 0 radical (unpaired) electrons. The number of nitrogens with zero attached hydrogens (tertiary/aromatic N) is 2. The molecule has 4 aromatic rings. The Hall–Kier alpha value is -5.42. The van der Waals surface area contributed by atoms with Gasteiger partial charge in [0.25, 0.3) is 0 Å². The van der Waals surface area contributed by atoms with Crippen molar-refractivity contribution < 1.29 is 0 Å². The zero-order valence-corrected chi connectivity index (χ0v) is 27.8. The van der Waals surface area contributed by atoms with Gasteiger partial charge < -0.3 is 25.8 Å². The van der Waals surface area contributed by atoms with Gasteiger partial charge in [-0.25, -0.2) is 0 Å². The first kappa shape index (κ1) is 29.9. The number of rotatable bonds is 7. The van der Waals surface area contributed by atoms with Crippen molar-refractivity contribution >= 4 is 28.4 Å². The van der Waals surface area contributed by atoms with Crippen LogP contribution in [0.2, 0.25) is 0 Å². The van der Waals surface area contributed by atoms with E-state index in [-0.39, 0.29) is 6.17 Å². The summed E-state index contributed by atoms with van der Waals surface area (Å²) in [6, 6.07) is 37.0. The van der Waals surface area contributed by atoms with Crippen LogP contribution in [-0.4, -0.2) is 18.8 Å². The van der Waals surface area contributed by atoms with Crippen molar-refractivity contribution in [3.8, 4) is 0 Å². The average Bonchev–Trinajstić information content (AvgIpc) is 3.54. The topological polar surface area (TPSA) is 42.6 Å². The van der Waals surface area contributed by atoms with Crippen molar-refractivity contribution in [3.05, 3.63) is 173 Å². The lowest BCUT2D eigenvalue weighted by molar-refractivity contribution is 0.555. The molecule has 2 aliphatic carbocycles. The van der Waals surface area contributed by atoms with Crippen LogP contribution in [0.4, 0.5) is 28.4 Å². The molecule has 0 spiro atoms. The molecule has 0 bridgehead atoms. The number of anilines is 5. The predicted octanol–water partition coefficient (Wildman–Crippen LogP) is 9.68. The van der Waals surface area contributed by atoms with Gasteiger partial charge in [0.2, 0.25) is 0 Å². The van der Waals surface area contributed by atoms with E-state index in [0.717, 1.165) is 32.2 Å². The maximum Gasteiger partial charge on any atom is 0.126 e. The summed E-state index contributed by atoms with van der Waals surface area (Å²) in [6.45, 7) is 5.29. The third-order valence-electron chi connectivity index (χ3n) is 10.2. The van der Waals surface area contributed by atoms with E-state index < -0.39 is 0 Å². The maximum absolute atomic E-state index is 3.80. The zero-order valence-electron chi connectivity index (χ0n) is 27.8. The van der Waals surface area contributed by atoms with Gasteiger partial charge in [0, 0.05) is 35.5 Å². The number of benzene rings is 4. The first-order valence-electron chi connectivity index (χ1n) is 17.2.